The van der Waals surface area contributed by atoms with Gasteiger partial charge in [-0.15, -0.1) is 0 Å². The van der Waals surface area contributed by atoms with E-state index in [0.717, 1.165) is 18.5 Å². The van der Waals surface area contributed by atoms with Crippen molar-refractivity contribution in [1.82, 2.24) is 24.6 Å². The molecule has 4 rings (SSSR count). The van der Waals surface area contributed by atoms with Crippen molar-refractivity contribution in [2.24, 2.45) is 11.3 Å². The highest BCUT2D eigenvalue weighted by molar-refractivity contribution is 5.77. The number of hydrogen-bond donors (Lipinski definition) is 1. The Hall–Kier alpha value is -2.96. The molecular formula is C24H31N5O2. The molecule has 3 aromatic rings. The molecule has 2 atom stereocenters. The van der Waals surface area contributed by atoms with Gasteiger partial charge in [0.25, 0.3) is 5.56 Å². The molecule has 0 spiro atoms. The minimum Gasteiger partial charge on any atom is -0.353 e. The number of hydrogen-bond acceptors (Lipinski definition) is 4. The van der Waals surface area contributed by atoms with Crippen molar-refractivity contribution < 1.29 is 4.79 Å². The molecule has 1 aliphatic rings. The largest absolute Gasteiger partial charge is 0.353 e. The van der Waals surface area contributed by atoms with E-state index in [0.29, 0.717) is 29.3 Å². The Morgan fingerprint density at radius 2 is 1.97 bits per heavy atom. The summed E-state index contributed by atoms with van der Waals surface area (Å²) >= 11 is 0. The summed E-state index contributed by atoms with van der Waals surface area (Å²) in [6.45, 7) is 8.88. The van der Waals surface area contributed by atoms with E-state index in [2.05, 4.69) is 36.2 Å². The van der Waals surface area contributed by atoms with Gasteiger partial charge in [0, 0.05) is 19.0 Å². The number of carbonyl (C=O) groups excluding carboxylic acids is 1. The smallest absolute Gasteiger partial charge is 0.264 e. The summed E-state index contributed by atoms with van der Waals surface area (Å²) in [6.07, 6.45) is 5.01. The summed E-state index contributed by atoms with van der Waals surface area (Å²) in [4.78, 5) is 30.3. The number of nitrogens with one attached hydrogen (secondary N) is 1. The Bertz CT molecular complexity index is 1150. The lowest BCUT2D eigenvalue weighted by Gasteiger charge is -2.39. The van der Waals surface area contributed by atoms with Gasteiger partial charge in [-0.05, 0) is 49.7 Å². The molecule has 0 radical (unpaired) electrons. The van der Waals surface area contributed by atoms with Gasteiger partial charge in [0.15, 0.2) is 5.65 Å². The Kier molecular flexibility index (Phi) is 5.69. The number of carbonyl (C=O) groups is 1. The first-order chi connectivity index (χ1) is 14.7. The van der Waals surface area contributed by atoms with Gasteiger partial charge in [0.2, 0.25) is 5.91 Å². The average Bonchev–Trinajstić information content (AvgIpc) is 3.10. The number of aryl methyl sites for hydroxylation is 1. The topological polar surface area (TPSA) is 81.8 Å². The lowest BCUT2D eigenvalue weighted by molar-refractivity contribution is -0.122. The Morgan fingerprint density at radius 1 is 1.23 bits per heavy atom. The molecule has 164 valence electrons. The fraction of sp³-hybridized carbons (Fsp3) is 0.500. The second-order valence-corrected chi connectivity index (χ2v) is 9.67. The quantitative estimate of drug-likeness (QED) is 0.682. The van der Waals surface area contributed by atoms with Gasteiger partial charge in [-0.25, -0.2) is 9.67 Å². The number of rotatable bonds is 5. The summed E-state index contributed by atoms with van der Waals surface area (Å²) in [6, 6.07) is 9.82. The van der Waals surface area contributed by atoms with Gasteiger partial charge in [-0.3, -0.25) is 14.2 Å². The Balaban J connectivity index is 1.49. The summed E-state index contributed by atoms with van der Waals surface area (Å²) in [5.41, 5.74) is 1.47. The normalized spacial score (nSPS) is 20.6. The molecule has 0 aliphatic heterocycles. The van der Waals surface area contributed by atoms with E-state index >= 15 is 0 Å². The van der Waals surface area contributed by atoms with E-state index in [9.17, 15) is 9.59 Å². The molecular weight excluding hydrogens is 390 g/mol. The predicted molar refractivity (Wildman–Crippen MR) is 121 cm³/mol. The monoisotopic (exact) mass is 421 g/mol. The van der Waals surface area contributed by atoms with Crippen molar-refractivity contribution in [2.45, 2.75) is 66.0 Å². The second kappa shape index (κ2) is 8.29. The molecule has 1 fully saturated rings. The predicted octanol–water partition coefficient (Wildman–Crippen LogP) is 3.61. The number of para-hydroxylation sites is 1. The highest BCUT2D eigenvalue weighted by Gasteiger charge is 2.32. The highest BCUT2D eigenvalue weighted by Crippen LogP contribution is 2.38. The number of nitrogens with zero attached hydrogens (tertiary/aromatic N) is 4. The van der Waals surface area contributed by atoms with E-state index in [-0.39, 0.29) is 29.3 Å². The number of amides is 1. The van der Waals surface area contributed by atoms with Gasteiger partial charge in [-0.2, -0.15) is 5.10 Å². The summed E-state index contributed by atoms with van der Waals surface area (Å²) in [5.74, 6) is 1.17. The molecule has 2 unspecified atom stereocenters. The average molecular weight is 422 g/mol. The maximum atomic E-state index is 13.1. The molecule has 1 amide bonds. The van der Waals surface area contributed by atoms with Crippen molar-refractivity contribution in [3.63, 3.8) is 0 Å². The fourth-order valence-corrected chi connectivity index (χ4v) is 5.10. The van der Waals surface area contributed by atoms with Crippen LogP contribution in [0.1, 0.15) is 52.3 Å². The van der Waals surface area contributed by atoms with Crippen LogP contribution < -0.4 is 10.9 Å². The minimum absolute atomic E-state index is 0.0127. The van der Waals surface area contributed by atoms with Crippen LogP contribution in [0.15, 0.2) is 41.3 Å². The van der Waals surface area contributed by atoms with E-state index in [1.165, 1.54) is 6.42 Å². The lowest BCUT2D eigenvalue weighted by atomic mass is 9.70. The number of fused-ring (bicyclic) bond motifs is 1. The molecule has 7 nitrogen and oxygen atoms in total. The van der Waals surface area contributed by atoms with Gasteiger partial charge < -0.3 is 5.32 Å². The molecule has 31 heavy (non-hydrogen) atoms. The molecule has 1 saturated carbocycles. The molecule has 1 aromatic carbocycles. The third-order valence-corrected chi connectivity index (χ3v) is 6.19. The van der Waals surface area contributed by atoms with Crippen LogP contribution in [-0.2, 0) is 11.3 Å². The molecule has 7 heteroatoms. The summed E-state index contributed by atoms with van der Waals surface area (Å²) in [5, 5.41) is 8.01. The second-order valence-electron chi connectivity index (χ2n) is 9.67. The SMILES string of the molecule is Cc1nc2c(cnn2-c2ccccc2)c(=O)n1CCC(=O)NC1CC(C)CC(C)(C)C1. The zero-order chi connectivity index (χ0) is 22.2. The third-order valence-electron chi connectivity index (χ3n) is 6.19. The summed E-state index contributed by atoms with van der Waals surface area (Å²) < 4.78 is 3.25. The van der Waals surface area contributed by atoms with E-state index in [1.54, 1.807) is 22.4 Å². The van der Waals surface area contributed by atoms with Crippen molar-refractivity contribution in [3.8, 4) is 5.69 Å². The fourth-order valence-electron chi connectivity index (χ4n) is 5.10. The van der Waals surface area contributed by atoms with Crippen molar-refractivity contribution in [3.05, 3.63) is 52.7 Å². The first-order valence-corrected chi connectivity index (χ1v) is 11.0. The van der Waals surface area contributed by atoms with Crippen LogP contribution in [0.4, 0.5) is 0 Å². The van der Waals surface area contributed by atoms with Crippen LogP contribution >= 0.6 is 0 Å². The van der Waals surface area contributed by atoms with Crippen LogP contribution in [0.5, 0.6) is 0 Å². The lowest BCUT2D eigenvalue weighted by Crippen LogP contribution is -2.43. The van der Waals surface area contributed by atoms with Crippen LogP contribution in [0, 0.1) is 18.3 Å². The molecule has 0 bridgehead atoms. The van der Waals surface area contributed by atoms with Crippen molar-refractivity contribution in [1.29, 1.82) is 0 Å². The molecule has 1 aliphatic carbocycles. The number of aromatic nitrogens is 4. The maximum Gasteiger partial charge on any atom is 0.264 e. The van der Waals surface area contributed by atoms with Gasteiger partial charge in [-0.1, -0.05) is 39.0 Å². The molecule has 2 heterocycles. The summed E-state index contributed by atoms with van der Waals surface area (Å²) in [7, 11) is 0. The third kappa shape index (κ3) is 4.55. The van der Waals surface area contributed by atoms with E-state index < -0.39 is 0 Å². The van der Waals surface area contributed by atoms with E-state index in [4.69, 9.17) is 0 Å². The zero-order valence-electron chi connectivity index (χ0n) is 18.8. The number of benzene rings is 1. The standard InChI is InChI=1S/C24H31N5O2/c1-16-12-18(14-24(3,4)13-16)27-21(30)10-11-28-17(2)26-22-20(23(28)31)15-25-29(22)19-8-6-5-7-9-19/h5-9,15-16,18H,10-14H2,1-4H3,(H,27,30). The highest BCUT2D eigenvalue weighted by atomic mass is 16.2. The molecule has 0 saturated heterocycles. The van der Waals surface area contributed by atoms with Crippen LogP contribution in [0.2, 0.25) is 0 Å². The maximum absolute atomic E-state index is 13.1. The van der Waals surface area contributed by atoms with Gasteiger partial charge in [0.05, 0.1) is 11.9 Å². The molecule has 1 N–H and O–H groups in total. The first kappa shape index (κ1) is 21.3. The Morgan fingerprint density at radius 3 is 2.68 bits per heavy atom. The van der Waals surface area contributed by atoms with Crippen LogP contribution in [0.3, 0.4) is 0 Å². The van der Waals surface area contributed by atoms with Crippen LogP contribution in [-0.4, -0.2) is 31.3 Å². The van der Waals surface area contributed by atoms with E-state index in [1.807, 2.05) is 30.3 Å². The molecule has 2 aromatic heterocycles. The van der Waals surface area contributed by atoms with Gasteiger partial charge >= 0.3 is 0 Å². The van der Waals surface area contributed by atoms with Crippen molar-refractivity contribution in [2.75, 3.05) is 0 Å². The first-order valence-electron chi connectivity index (χ1n) is 11.0. The zero-order valence-corrected chi connectivity index (χ0v) is 18.8. The van der Waals surface area contributed by atoms with Gasteiger partial charge in [0.1, 0.15) is 11.2 Å². The van der Waals surface area contributed by atoms with Crippen LogP contribution in [0.25, 0.3) is 16.7 Å². The Labute approximate surface area is 182 Å². The minimum atomic E-state index is -0.162. The van der Waals surface area contributed by atoms with Crippen molar-refractivity contribution >= 4 is 16.9 Å².